The highest BCUT2D eigenvalue weighted by atomic mass is 16.6. The van der Waals surface area contributed by atoms with Gasteiger partial charge in [-0.3, -0.25) is 10.1 Å². The van der Waals surface area contributed by atoms with Crippen LogP contribution in [0.2, 0.25) is 0 Å². The second-order valence-corrected chi connectivity index (χ2v) is 4.89. The minimum Gasteiger partial charge on any atom is -0.258 e. The second-order valence-electron chi connectivity index (χ2n) is 4.89. The first kappa shape index (κ1) is 14.6. The highest BCUT2D eigenvalue weighted by molar-refractivity contribution is 5.65. The van der Waals surface area contributed by atoms with Gasteiger partial charge in [0.15, 0.2) is 0 Å². The van der Waals surface area contributed by atoms with E-state index in [1.54, 1.807) is 12.1 Å². The van der Waals surface area contributed by atoms with E-state index in [1.165, 1.54) is 12.1 Å². The van der Waals surface area contributed by atoms with Crippen LogP contribution < -0.4 is 0 Å². The lowest BCUT2D eigenvalue weighted by molar-refractivity contribution is -0.384. The SMILES string of the molecule is O=[N+]([O-])c1ccc(N=Nc2ccc(-c3ccccc3)cc2)cc1. The van der Waals surface area contributed by atoms with Crippen molar-refractivity contribution in [3.05, 3.63) is 89.0 Å². The molecule has 0 aromatic heterocycles. The Morgan fingerprint density at radius 3 is 1.65 bits per heavy atom. The topological polar surface area (TPSA) is 67.9 Å². The zero-order valence-corrected chi connectivity index (χ0v) is 12.2. The standard InChI is InChI=1S/C18H13N3O2/c22-21(23)18-12-10-17(11-13-18)20-19-16-8-6-15(7-9-16)14-4-2-1-3-5-14/h1-13H. The van der Waals surface area contributed by atoms with Gasteiger partial charge in [0.1, 0.15) is 0 Å². The van der Waals surface area contributed by atoms with Gasteiger partial charge >= 0.3 is 0 Å². The van der Waals surface area contributed by atoms with E-state index >= 15 is 0 Å². The summed E-state index contributed by atoms with van der Waals surface area (Å²) >= 11 is 0. The monoisotopic (exact) mass is 303 g/mol. The Morgan fingerprint density at radius 2 is 1.13 bits per heavy atom. The number of hydrogen-bond acceptors (Lipinski definition) is 4. The van der Waals surface area contributed by atoms with E-state index in [0.717, 1.165) is 16.8 Å². The maximum atomic E-state index is 10.6. The molecule has 3 aromatic carbocycles. The molecule has 0 atom stereocenters. The largest absolute Gasteiger partial charge is 0.269 e. The van der Waals surface area contributed by atoms with Gasteiger partial charge in [0.25, 0.3) is 5.69 Å². The lowest BCUT2D eigenvalue weighted by atomic mass is 10.1. The molecule has 0 aliphatic heterocycles. The Labute approximate surface area is 133 Å². The Bertz CT molecular complexity index is 826. The third-order valence-corrected chi connectivity index (χ3v) is 3.32. The molecule has 0 heterocycles. The van der Waals surface area contributed by atoms with Crippen molar-refractivity contribution in [2.24, 2.45) is 10.2 Å². The van der Waals surface area contributed by atoms with Crippen LogP contribution in [0.3, 0.4) is 0 Å². The van der Waals surface area contributed by atoms with Crippen molar-refractivity contribution in [1.29, 1.82) is 0 Å². The summed E-state index contributed by atoms with van der Waals surface area (Å²) in [5.74, 6) is 0. The van der Waals surface area contributed by atoms with Crippen molar-refractivity contribution in [2.75, 3.05) is 0 Å². The van der Waals surface area contributed by atoms with Gasteiger partial charge in [-0.2, -0.15) is 10.2 Å². The molecule has 0 unspecified atom stereocenters. The molecule has 0 aliphatic carbocycles. The summed E-state index contributed by atoms with van der Waals surface area (Å²) in [7, 11) is 0. The molecule has 23 heavy (non-hydrogen) atoms. The van der Waals surface area contributed by atoms with Gasteiger partial charge < -0.3 is 0 Å². The van der Waals surface area contributed by atoms with Gasteiger partial charge in [0.05, 0.1) is 16.3 Å². The fourth-order valence-corrected chi connectivity index (χ4v) is 2.11. The van der Waals surface area contributed by atoms with Gasteiger partial charge in [-0.1, -0.05) is 42.5 Å². The lowest BCUT2D eigenvalue weighted by Gasteiger charge is -2.01. The molecule has 0 saturated heterocycles. The lowest BCUT2D eigenvalue weighted by Crippen LogP contribution is -1.85. The molecule has 5 nitrogen and oxygen atoms in total. The van der Waals surface area contributed by atoms with Crippen LogP contribution in [0.1, 0.15) is 0 Å². The van der Waals surface area contributed by atoms with Crippen molar-refractivity contribution >= 4 is 17.1 Å². The molecular formula is C18H13N3O2. The van der Waals surface area contributed by atoms with E-state index in [0.29, 0.717) is 5.69 Å². The van der Waals surface area contributed by atoms with Gasteiger partial charge in [-0.05, 0) is 35.4 Å². The van der Waals surface area contributed by atoms with Crippen LogP contribution in [0.25, 0.3) is 11.1 Å². The molecule has 0 amide bonds. The number of benzene rings is 3. The van der Waals surface area contributed by atoms with Crippen molar-refractivity contribution in [1.82, 2.24) is 0 Å². The molecule has 0 bridgehead atoms. The number of azo groups is 1. The maximum absolute atomic E-state index is 10.6. The predicted octanol–water partition coefficient (Wildman–Crippen LogP) is 5.68. The number of rotatable bonds is 4. The Balaban J connectivity index is 1.74. The van der Waals surface area contributed by atoms with Crippen molar-refractivity contribution < 1.29 is 4.92 Å². The normalized spacial score (nSPS) is 10.8. The van der Waals surface area contributed by atoms with Crippen LogP contribution in [-0.2, 0) is 0 Å². The molecule has 3 rings (SSSR count). The van der Waals surface area contributed by atoms with E-state index < -0.39 is 4.92 Å². The minimum atomic E-state index is -0.441. The first-order valence-electron chi connectivity index (χ1n) is 7.04. The van der Waals surface area contributed by atoms with Crippen molar-refractivity contribution in [3.8, 4) is 11.1 Å². The van der Waals surface area contributed by atoms with Crippen molar-refractivity contribution in [3.63, 3.8) is 0 Å². The zero-order valence-electron chi connectivity index (χ0n) is 12.2. The van der Waals surface area contributed by atoms with Gasteiger partial charge in [-0.25, -0.2) is 0 Å². The summed E-state index contributed by atoms with van der Waals surface area (Å²) in [6.07, 6.45) is 0. The van der Waals surface area contributed by atoms with Crippen LogP contribution in [0.15, 0.2) is 89.1 Å². The highest BCUT2D eigenvalue weighted by Crippen LogP contribution is 2.24. The third-order valence-electron chi connectivity index (χ3n) is 3.32. The molecule has 0 spiro atoms. The molecular weight excluding hydrogens is 290 g/mol. The van der Waals surface area contributed by atoms with E-state index in [2.05, 4.69) is 10.2 Å². The van der Waals surface area contributed by atoms with Crippen LogP contribution >= 0.6 is 0 Å². The maximum Gasteiger partial charge on any atom is 0.269 e. The Kier molecular flexibility index (Phi) is 4.20. The first-order chi connectivity index (χ1) is 11.2. The molecule has 112 valence electrons. The van der Waals surface area contributed by atoms with E-state index in [9.17, 15) is 10.1 Å². The van der Waals surface area contributed by atoms with E-state index in [-0.39, 0.29) is 5.69 Å². The average Bonchev–Trinajstić information content (AvgIpc) is 2.61. The summed E-state index contributed by atoms with van der Waals surface area (Å²) in [6, 6.07) is 23.8. The first-order valence-corrected chi connectivity index (χ1v) is 7.04. The predicted molar refractivity (Wildman–Crippen MR) is 89.2 cm³/mol. The second kappa shape index (κ2) is 6.62. The van der Waals surface area contributed by atoms with Gasteiger partial charge in [-0.15, -0.1) is 0 Å². The molecule has 0 radical (unpaired) electrons. The number of nitrogens with zero attached hydrogens (tertiary/aromatic N) is 3. The summed E-state index contributed by atoms with van der Waals surface area (Å²) in [5.41, 5.74) is 3.59. The summed E-state index contributed by atoms with van der Waals surface area (Å²) < 4.78 is 0. The number of hydrogen-bond donors (Lipinski definition) is 0. The smallest absolute Gasteiger partial charge is 0.258 e. The summed E-state index contributed by atoms with van der Waals surface area (Å²) in [4.78, 5) is 10.2. The van der Waals surface area contributed by atoms with Crippen LogP contribution in [-0.4, -0.2) is 4.92 Å². The average molecular weight is 303 g/mol. The van der Waals surface area contributed by atoms with Crippen LogP contribution in [0.5, 0.6) is 0 Å². The number of non-ortho nitro benzene ring substituents is 1. The Hall–Kier alpha value is -3.34. The minimum absolute atomic E-state index is 0.0381. The van der Waals surface area contributed by atoms with Crippen molar-refractivity contribution in [2.45, 2.75) is 0 Å². The number of nitro benzene ring substituents is 1. The number of nitro groups is 1. The van der Waals surface area contributed by atoms with Gasteiger partial charge in [0, 0.05) is 12.1 Å². The fraction of sp³-hybridized carbons (Fsp3) is 0. The Morgan fingerprint density at radius 1 is 0.652 bits per heavy atom. The van der Waals surface area contributed by atoms with Gasteiger partial charge in [0.2, 0.25) is 0 Å². The third kappa shape index (κ3) is 3.65. The molecule has 3 aromatic rings. The molecule has 0 aliphatic rings. The highest BCUT2D eigenvalue weighted by Gasteiger charge is 2.03. The van der Waals surface area contributed by atoms with E-state index in [4.69, 9.17) is 0 Å². The summed E-state index contributed by atoms with van der Waals surface area (Å²) in [5, 5.41) is 18.8. The zero-order chi connectivity index (χ0) is 16.1. The van der Waals surface area contributed by atoms with Crippen LogP contribution in [0, 0.1) is 10.1 Å². The fourth-order valence-electron chi connectivity index (χ4n) is 2.11. The molecule has 0 fully saturated rings. The quantitative estimate of drug-likeness (QED) is 0.353. The molecule has 5 heteroatoms. The summed E-state index contributed by atoms with van der Waals surface area (Å²) in [6.45, 7) is 0. The van der Waals surface area contributed by atoms with Crippen LogP contribution in [0.4, 0.5) is 17.1 Å². The molecule has 0 saturated carbocycles. The molecule has 0 N–H and O–H groups in total. The van der Waals surface area contributed by atoms with E-state index in [1.807, 2.05) is 54.6 Å².